The number of halogens is 2. The summed E-state index contributed by atoms with van der Waals surface area (Å²) in [5.74, 6) is 0.255. The monoisotopic (exact) mass is 591 g/mol. The van der Waals surface area contributed by atoms with Crippen LogP contribution in [-0.2, 0) is 4.79 Å². The van der Waals surface area contributed by atoms with E-state index >= 15 is 0 Å². The van der Waals surface area contributed by atoms with Crippen molar-refractivity contribution in [1.82, 2.24) is 5.43 Å². The molecule has 7 nitrogen and oxygen atoms in total. The van der Waals surface area contributed by atoms with Gasteiger partial charge in [0.05, 0.1) is 16.9 Å². The molecule has 0 bridgehead atoms. The van der Waals surface area contributed by atoms with Gasteiger partial charge in [-0.25, -0.2) is 5.43 Å². The summed E-state index contributed by atoms with van der Waals surface area (Å²) in [6.45, 7) is 3.72. The Bertz CT molecular complexity index is 1230. The molecule has 0 heterocycles. The topological polar surface area (TPSA) is 89.0 Å². The number of methoxy groups -OCH3 is 1. The summed E-state index contributed by atoms with van der Waals surface area (Å²) in [5.41, 5.74) is 6.37. The molecule has 3 rings (SSSR count). The number of amides is 2. The molecule has 2 N–H and O–H groups in total. The number of carbonyl (C=O) groups is 2. The van der Waals surface area contributed by atoms with Gasteiger partial charge >= 0.3 is 0 Å². The fourth-order valence-electron chi connectivity index (χ4n) is 2.98. The van der Waals surface area contributed by atoms with Gasteiger partial charge in [-0.1, -0.05) is 23.7 Å². The van der Waals surface area contributed by atoms with Crippen molar-refractivity contribution in [3.63, 3.8) is 0 Å². The Labute approximate surface area is 216 Å². The summed E-state index contributed by atoms with van der Waals surface area (Å²) in [7, 11) is 1.51. The molecule has 0 aliphatic carbocycles. The lowest BCUT2D eigenvalue weighted by Gasteiger charge is -2.14. The zero-order chi connectivity index (χ0) is 24.7. The number of benzene rings is 3. The van der Waals surface area contributed by atoms with E-state index in [1.165, 1.54) is 13.3 Å². The van der Waals surface area contributed by atoms with Crippen LogP contribution in [-0.4, -0.2) is 31.7 Å². The smallest absolute Gasteiger partial charge is 0.271 e. The summed E-state index contributed by atoms with van der Waals surface area (Å²) < 4.78 is 11.9. The van der Waals surface area contributed by atoms with Crippen LogP contribution in [0.2, 0.25) is 5.02 Å². The zero-order valence-electron chi connectivity index (χ0n) is 18.8. The maximum absolute atomic E-state index is 12.4. The van der Waals surface area contributed by atoms with Crippen molar-refractivity contribution < 1.29 is 19.1 Å². The number of nitrogens with zero attached hydrogens (tertiary/aromatic N) is 1. The number of hydrogen-bond donors (Lipinski definition) is 2. The number of rotatable bonds is 8. The summed E-state index contributed by atoms with van der Waals surface area (Å²) >= 11 is 7.93. The Balaban J connectivity index is 1.64. The minimum Gasteiger partial charge on any atom is -0.493 e. The molecule has 0 saturated carbocycles. The van der Waals surface area contributed by atoms with Gasteiger partial charge in [-0.3, -0.25) is 9.59 Å². The van der Waals surface area contributed by atoms with Crippen LogP contribution >= 0.6 is 34.2 Å². The Morgan fingerprint density at radius 2 is 1.82 bits per heavy atom. The Morgan fingerprint density at radius 1 is 1.09 bits per heavy atom. The van der Waals surface area contributed by atoms with Gasteiger partial charge in [-0.2, -0.15) is 5.10 Å². The van der Waals surface area contributed by atoms with Crippen molar-refractivity contribution >= 4 is 57.9 Å². The molecule has 0 atom stereocenters. The van der Waals surface area contributed by atoms with Crippen LogP contribution in [0.4, 0.5) is 5.69 Å². The summed E-state index contributed by atoms with van der Waals surface area (Å²) in [4.78, 5) is 24.6. The normalized spacial score (nSPS) is 10.7. The molecule has 9 heteroatoms. The molecule has 0 aromatic heterocycles. The first-order valence-electron chi connectivity index (χ1n) is 10.2. The van der Waals surface area contributed by atoms with Crippen molar-refractivity contribution in [3.05, 3.63) is 85.4 Å². The number of nitrogens with one attached hydrogen (secondary N) is 2. The number of aryl methyl sites for hydroxylation is 2. The second-order valence-electron chi connectivity index (χ2n) is 7.40. The molecule has 0 aliphatic heterocycles. The lowest BCUT2D eigenvalue weighted by molar-refractivity contribution is -0.118. The molecule has 0 radical (unpaired) electrons. The van der Waals surface area contributed by atoms with Crippen LogP contribution in [0.3, 0.4) is 0 Å². The minimum absolute atomic E-state index is 0.176. The van der Waals surface area contributed by atoms with Crippen molar-refractivity contribution in [2.24, 2.45) is 5.10 Å². The average Bonchev–Trinajstić information content (AvgIpc) is 2.80. The predicted octanol–water partition coefficient (Wildman–Crippen LogP) is 5.35. The first kappa shape index (κ1) is 25.5. The Morgan fingerprint density at radius 3 is 2.53 bits per heavy atom. The Kier molecular flexibility index (Phi) is 8.89. The highest BCUT2D eigenvalue weighted by Crippen LogP contribution is 2.33. The maximum atomic E-state index is 12.4. The lowest BCUT2D eigenvalue weighted by Crippen LogP contribution is -2.21. The van der Waals surface area contributed by atoms with E-state index in [0.717, 1.165) is 20.4 Å². The third-order valence-electron chi connectivity index (χ3n) is 4.75. The standard InChI is InChI=1S/C25H23ClIN3O4/c1-15-4-5-16(2)21(10-15)29-23(31)14-34-24-20(27)11-17(12-22(24)33-3)13-28-30-25(32)18-6-8-19(26)9-7-18/h4-13H,14H2,1-3H3,(H,29,31)(H,30,32)/b28-13+. The van der Waals surface area contributed by atoms with Gasteiger partial charge in [0.1, 0.15) is 0 Å². The van der Waals surface area contributed by atoms with Gasteiger partial charge in [0.2, 0.25) is 0 Å². The molecule has 176 valence electrons. The van der Waals surface area contributed by atoms with E-state index in [9.17, 15) is 9.59 Å². The molecule has 0 fully saturated rings. The average molecular weight is 592 g/mol. The lowest BCUT2D eigenvalue weighted by atomic mass is 10.1. The highest BCUT2D eigenvalue weighted by Gasteiger charge is 2.14. The molecule has 34 heavy (non-hydrogen) atoms. The first-order valence-corrected chi connectivity index (χ1v) is 11.7. The van der Waals surface area contributed by atoms with Gasteiger partial charge < -0.3 is 14.8 Å². The van der Waals surface area contributed by atoms with E-state index < -0.39 is 0 Å². The fraction of sp³-hybridized carbons (Fsp3) is 0.160. The summed E-state index contributed by atoms with van der Waals surface area (Å²) in [6, 6.07) is 15.9. The predicted molar refractivity (Wildman–Crippen MR) is 142 cm³/mol. The molecule has 0 aliphatic rings. The van der Waals surface area contributed by atoms with Crippen molar-refractivity contribution in [2.45, 2.75) is 13.8 Å². The minimum atomic E-state index is -0.357. The number of carbonyl (C=O) groups excluding carboxylic acids is 2. The van der Waals surface area contributed by atoms with Gasteiger partial charge in [0, 0.05) is 16.3 Å². The van der Waals surface area contributed by atoms with Crippen LogP contribution < -0.4 is 20.2 Å². The van der Waals surface area contributed by atoms with Gasteiger partial charge in [0.15, 0.2) is 18.1 Å². The van der Waals surface area contributed by atoms with Crippen LogP contribution in [0.1, 0.15) is 27.0 Å². The van der Waals surface area contributed by atoms with E-state index in [1.807, 2.05) is 32.0 Å². The highest BCUT2D eigenvalue weighted by molar-refractivity contribution is 14.1. The molecule has 2 amide bonds. The zero-order valence-corrected chi connectivity index (χ0v) is 21.7. The van der Waals surface area contributed by atoms with Crippen molar-refractivity contribution in [2.75, 3.05) is 19.0 Å². The third kappa shape index (κ3) is 6.94. The van der Waals surface area contributed by atoms with Crippen LogP contribution in [0, 0.1) is 17.4 Å². The quantitative estimate of drug-likeness (QED) is 0.210. The van der Waals surface area contributed by atoms with E-state index in [0.29, 0.717) is 27.6 Å². The van der Waals surface area contributed by atoms with Crippen LogP contribution in [0.25, 0.3) is 0 Å². The van der Waals surface area contributed by atoms with Crippen molar-refractivity contribution in [3.8, 4) is 11.5 Å². The highest BCUT2D eigenvalue weighted by atomic mass is 127. The molecule has 0 unspecified atom stereocenters. The fourth-order valence-corrected chi connectivity index (χ4v) is 3.89. The molecule has 3 aromatic carbocycles. The van der Waals surface area contributed by atoms with E-state index in [-0.39, 0.29) is 18.4 Å². The number of anilines is 1. The van der Waals surface area contributed by atoms with Crippen LogP contribution in [0.5, 0.6) is 11.5 Å². The SMILES string of the molecule is COc1cc(/C=N/NC(=O)c2ccc(Cl)cc2)cc(I)c1OCC(=O)Nc1cc(C)ccc1C. The second-order valence-corrected chi connectivity index (χ2v) is 8.99. The number of hydrogen-bond acceptors (Lipinski definition) is 5. The number of hydrazone groups is 1. The third-order valence-corrected chi connectivity index (χ3v) is 5.81. The molecule has 3 aromatic rings. The molecular formula is C25H23ClIN3O4. The van der Waals surface area contributed by atoms with Crippen LogP contribution in [0.15, 0.2) is 59.7 Å². The second kappa shape index (κ2) is 11.8. The first-order chi connectivity index (χ1) is 16.3. The number of ether oxygens (including phenoxy) is 2. The summed E-state index contributed by atoms with van der Waals surface area (Å²) in [5, 5.41) is 7.42. The Hall–Kier alpha value is -3.11. The summed E-state index contributed by atoms with van der Waals surface area (Å²) in [6.07, 6.45) is 1.50. The van der Waals surface area contributed by atoms with E-state index in [2.05, 4.69) is 38.4 Å². The molecular weight excluding hydrogens is 569 g/mol. The van der Waals surface area contributed by atoms with Gasteiger partial charge in [-0.15, -0.1) is 0 Å². The van der Waals surface area contributed by atoms with E-state index in [4.69, 9.17) is 21.1 Å². The molecule has 0 spiro atoms. The molecule has 0 saturated heterocycles. The van der Waals surface area contributed by atoms with Crippen molar-refractivity contribution in [1.29, 1.82) is 0 Å². The maximum Gasteiger partial charge on any atom is 0.271 e. The van der Waals surface area contributed by atoms with E-state index in [1.54, 1.807) is 36.4 Å². The largest absolute Gasteiger partial charge is 0.493 e. The van der Waals surface area contributed by atoms with Gasteiger partial charge in [0.25, 0.3) is 11.8 Å². The van der Waals surface area contributed by atoms with Gasteiger partial charge in [-0.05, 0) is 95.6 Å².